The molecule has 0 spiro atoms. The van der Waals surface area contributed by atoms with Crippen LogP contribution in [-0.4, -0.2) is 96.3 Å². The fraction of sp³-hybridized carbons (Fsp3) is 0.357. The molecule has 2 saturated heterocycles. The van der Waals surface area contributed by atoms with E-state index in [1.165, 1.54) is 25.1 Å². The van der Waals surface area contributed by atoms with Crippen molar-refractivity contribution in [3.05, 3.63) is 125 Å². The normalized spacial score (nSPS) is 23.2. The number of aliphatic hydroxyl groups is 2. The van der Waals surface area contributed by atoms with Crippen LogP contribution in [0.1, 0.15) is 54.2 Å². The fourth-order valence-electron chi connectivity index (χ4n) is 6.75. The van der Waals surface area contributed by atoms with Crippen LogP contribution in [0.5, 0.6) is 0 Å². The summed E-state index contributed by atoms with van der Waals surface area (Å²) in [7, 11) is 0. The van der Waals surface area contributed by atoms with Crippen LogP contribution in [-0.2, 0) is 48.6 Å². The highest BCUT2D eigenvalue weighted by atomic mass is 16.8. The van der Waals surface area contributed by atoms with Crippen molar-refractivity contribution in [2.75, 3.05) is 19.8 Å². The number of cyclic esters (lactones) is 1. The predicted molar refractivity (Wildman–Crippen MR) is 199 cm³/mol. The van der Waals surface area contributed by atoms with E-state index in [2.05, 4.69) is 10.6 Å². The molecule has 6 atom stereocenters. The molecule has 14 heteroatoms. The highest BCUT2D eigenvalue weighted by Gasteiger charge is 2.55. The third kappa shape index (κ3) is 8.74. The first kappa shape index (κ1) is 40.0. The summed E-state index contributed by atoms with van der Waals surface area (Å²) < 4.78 is 30.0. The van der Waals surface area contributed by atoms with E-state index in [-0.39, 0.29) is 37.3 Å². The molecule has 4 N–H and O–H groups in total. The Bertz CT molecular complexity index is 1950. The Morgan fingerprint density at radius 3 is 2.23 bits per heavy atom. The standard InChI is InChI=1S/C42H44N2O12/c1-25(46)34(38(49)43-19-20-45)44-37(48)28-22-31(35-32(23-28)55-42(56-35,29-13-6-4-7-14-29)30-15-8-5-9-16-30)53-39(50)27-12-10-11-26(21-27)17-18-33(47)54-36-40(51)52-24-41(36,2)3/h4-18,21,23,25,31-32,34-36,45-46H,19-20,22,24H2,1-3H3,(H,43,49)(H,44,48). The number of benzene rings is 3. The summed E-state index contributed by atoms with van der Waals surface area (Å²) in [6, 6.07) is 23.4. The van der Waals surface area contributed by atoms with Gasteiger partial charge in [0.15, 0.2) is 0 Å². The smallest absolute Gasteiger partial charge is 0.348 e. The van der Waals surface area contributed by atoms with Gasteiger partial charge in [0.1, 0.15) is 31.0 Å². The molecule has 2 heterocycles. The van der Waals surface area contributed by atoms with Crippen LogP contribution in [0.4, 0.5) is 0 Å². The first-order chi connectivity index (χ1) is 26.8. The highest BCUT2D eigenvalue weighted by molar-refractivity contribution is 5.98. The SMILES string of the molecule is CC(O)C(NC(=O)C1=CC2OC(c3ccccc3)(c3ccccc3)OC2C(OC(=O)c2cccc(C=CC(=O)OC3C(=O)OCC3(C)C)c2)C1)C(=O)NCCO. The van der Waals surface area contributed by atoms with Crippen molar-refractivity contribution in [2.45, 2.75) is 69.5 Å². The second kappa shape index (κ2) is 17.0. The average Bonchev–Trinajstić information content (AvgIpc) is 3.72. The Morgan fingerprint density at radius 1 is 0.946 bits per heavy atom. The minimum atomic E-state index is -1.46. The molecule has 2 fully saturated rings. The number of fused-ring (bicyclic) bond motifs is 1. The second-order valence-electron chi connectivity index (χ2n) is 14.4. The van der Waals surface area contributed by atoms with Gasteiger partial charge in [-0.15, -0.1) is 0 Å². The lowest BCUT2D eigenvalue weighted by Crippen LogP contribution is -2.54. The molecule has 0 aromatic heterocycles. The molecule has 3 aromatic carbocycles. The maximum atomic E-state index is 13.9. The molecule has 6 unspecified atom stereocenters. The third-order valence-electron chi connectivity index (χ3n) is 9.68. The van der Waals surface area contributed by atoms with E-state index in [0.29, 0.717) is 16.7 Å². The van der Waals surface area contributed by atoms with Crippen molar-refractivity contribution < 1.29 is 57.9 Å². The Hall–Kier alpha value is -5.67. The van der Waals surface area contributed by atoms with Gasteiger partial charge < -0.3 is 44.5 Å². The second-order valence-corrected chi connectivity index (χ2v) is 14.4. The lowest BCUT2D eigenvalue weighted by molar-refractivity contribution is -0.159. The monoisotopic (exact) mass is 768 g/mol. The lowest BCUT2D eigenvalue weighted by Gasteiger charge is -2.31. The minimum absolute atomic E-state index is 0.0784. The van der Waals surface area contributed by atoms with Gasteiger partial charge in [0.05, 0.1) is 18.3 Å². The van der Waals surface area contributed by atoms with E-state index in [0.717, 1.165) is 6.08 Å². The third-order valence-corrected chi connectivity index (χ3v) is 9.68. The Kier molecular flexibility index (Phi) is 12.1. The first-order valence-corrected chi connectivity index (χ1v) is 18.2. The fourth-order valence-corrected chi connectivity index (χ4v) is 6.75. The zero-order chi connectivity index (χ0) is 40.0. The van der Waals surface area contributed by atoms with Gasteiger partial charge in [-0.2, -0.15) is 0 Å². The van der Waals surface area contributed by atoms with E-state index < -0.39 is 77.5 Å². The number of carbonyl (C=O) groups excluding carboxylic acids is 5. The predicted octanol–water partition coefficient (Wildman–Crippen LogP) is 2.71. The lowest BCUT2D eigenvalue weighted by atomic mass is 9.90. The van der Waals surface area contributed by atoms with Gasteiger partial charge in [-0.1, -0.05) is 86.6 Å². The molecule has 294 valence electrons. The van der Waals surface area contributed by atoms with Gasteiger partial charge >= 0.3 is 17.9 Å². The van der Waals surface area contributed by atoms with Gasteiger partial charge in [-0.25, -0.2) is 14.4 Å². The van der Waals surface area contributed by atoms with E-state index in [1.54, 1.807) is 32.1 Å². The Balaban J connectivity index is 1.27. The number of nitrogens with one attached hydrogen (secondary N) is 2. The van der Waals surface area contributed by atoms with Crippen molar-refractivity contribution >= 4 is 35.8 Å². The number of ether oxygens (including phenoxy) is 5. The summed E-state index contributed by atoms with van der Waals surface area (Å²) >= 11 is 0. The molecule has 6 rings (SSSR count). The van der Waals surface area contributed by atoms with Crippen LogP contribution in [0.15, 0.2) is 103 Å². The van der Waals surface area contributed by atoms with E-state index >= 15 is 0 Å². The summed E-state index contributed by atoms with van der Waals surface area (Å²) in [4.78, 5) is 65.1. The molecular weight excluding hydrogens is 724 g/mol. The maximum Gasteiger partial charge on any atom is 0.348 e. The molecule has 0 radical (unpaired) electrons. The number of aliphatic hydroxyl groups excluding tert-OH is 2. The van der Waals surface area contributed by atoms with Crippen molar-refractivity contribution in [2.24, 2.45) is 5.41 Å². The summed E-state index contributed by atoms with van der Waals surface area (Å²) in [6.45, 7) is 4.57. The van der Waals surface area contributed by atoms with E-state index in [9.17, 15) is 29.1 Å². The molecule has 0 bridgehead atoms. The zero-order valence-electron chi connectivity index (χ0n) is 31.1. The maximum absolute atomic E-state index is 13.9. The quantitative estimate of drug-likeness (QED) is 0.113. The average molecular weight is 769 g/mol. The summed E-state index contributed by atoms with van der Waals surface area (Å²) in [5, 5.41) is 24.5. The highest BCUT2D eigenvalue weighted by Crippen LogP contribution is 2.47. The van der Waals surface area contributed by atoms with Crippen LogP contribution < -0.4 is 10.6 Å². The zero-order valence-corrected chi connectivity index (χ0v) is 31.1. The van der Waals surface area contributed by atoms with Gasteiger partial charge in [-0.05, 0) is 36.8 Å². The molecule has 2 aliphatic heterocycles. The Morgan fingerprint density at radius 2 is 1.62 bits per heavy atom. The Labute approximate surface area is 323 Å². The summed E-state index contributed by atoms with van der Waals surface area (Å²) in [5.41, 5.74) is 1.35. The number of carbonyl (C=O) groups is 5. The van der Waals surface area contributed by atoms with Crippen LogP contribution in [0.25, 0.3) is 6.08 Å². The van der Waals surface area contributed by atoms with Gasteiger partial charge in [0, 0.05) is 41.2 Å². The molecule has 3 aromatic rings. The molecule has 2 amide bonds. The molecule has 56 heavy (non-hydrogen) atoms. The number of esters is 3. The number of rotatable bonds is 13. The van der Waals surface area contributed by atoms with Gasteiger partial charge in [0.2, 0.25) is 23.7 Å². The molecule has 1 aliphatic carbocycles. The minimum Gasteiger partial charge on any atom is -0.462 e. The van der Waals surface area contributed by atoms with E-state index in [1.807, 2.05) is 60.7 Å². The number of hydrogen-bond donors (Lipinski definition) is 4. The van der Waals surface area contributed by atoms with Gasteiger partial charge in [-0.3, -0.25) is 9.59 Å². The van der Waals surface area contributed by atoms with Crippen LogP contribution in [0.3, 0.4) is 0 Å². The van der Waals surface area contributed by atoms with Crippen molar-refractivity contribution in [3.63, 3.8) is 0 Å². The molecule has 0 saturated carbocycles. The topological polar surface area (TPSA) is 196 Å². The number of amides is 2. The first-order valence-electron chi connectivity index (χ1n) is 18.2. The molecular formula is C42H44N2O12. The summed E-state index contributed by atoms with van der Waals surface area (Å²) in [6.07, 6.45) is -1.22. The molecule has 3 aliphatic rings. The largest absolute Gasteiger partial charge is 0.462 e. The molecule has 14 nitrogen and oxygen atoms in total. The van der Waals surface area contributed by atoms with Crippen molar-refractivity contribution in [1.82, 2.24) is 10.6 Å². The van der Waals surface area contributed by atoms with Crippen molar-refractivity contribution in [1.29, 1.82) is 0 Å². The van der Waals surface area contributed by atoms with E-state index in [4.69, 9.17) is 28.8 Å². The van der Waals surface area contributed by atoms with Crippen LogP contribution >= 0.6 is 0 Å². The van der Waals surface area contributed by atoms with Gasteiger partial charge in [0.25, 0.3) is 0 Å². The van der Waals surface area contributed by atoms with Crippen LogP contribution in [0.2, 0.25) is 0 Å². The number of hydrogen-bond acceptors (Lipinski definition) is 12. The van der Waals surface area contributed by atoms with Crippen LogP contribution in [0, 0.1) is 5.41 Å². The van der Waals surface area contributed by atoms with Crippen molar-refractivity contribution in [3.8, 4) is 0 Å². The summed E-state index contributed by atoms with van der Waals surface area (Å²) in [5.74, 6) is -4.99.